The van der Waals surface area contributed by atoms with Crippen LogP contribution in [-0.2, 0) is 29.1 Å². The van der Waals surface area contributed by atoms with Gasteiger partial charge in [0, 0.05) is 36.3 Å². The van der Waals surface area contributed by atoms with Gasteiger partial charge in [-0.2, -0.15) is 0 Å². The molecule has 0 atom stereocenters. The number of nitrogens with one attached hydrogen (secondary N) is 3. The SMILES string of the molecule is O=C(CO)NCc1ccnc(CNC(=O)CCc2c[nH]c3ccccc23)c1. The van der Waals surface area contributed by atoms with Gasteiger partial charge in [0.05, 0.1) is 12.2 Å². The summed E-state index contributed by atoms with van der Waals surface area (Å²) in [4.78, 5) is 30.7. The average molecular weight is 366 g/mol. The molecule has 0 spiro atoms. The van der Waals surface area contributed by atoms with Crippen LogP contribution in [0, 0.1) is 0 Å². The first-order valence-electron chi connectivity index (χ1n) is 8.79. The lowest BCUT2D eigenvalue weighted by Crippen LogP contribution is -2.26. The second kappa shape index (κ2) is 8.95. The van der Waals surface area contributed by atoms with Crippen molar-refractivity contribution >= 4 is 22.7 Å². The molecular weight excluding hydrogens is 344 g/mol. The number of amides is 2. The first kappa shape index (κ1) is 18.6. The van der Waals surface area contributed by atoms with Crippen LogP contribution in [-0.4, -0.2) is 33.5 Å². The van der Waals surface area contributed by atoms with Gasteiger partial charge in [-0.1, -0.05) is 18.2 Å². The van der Waals surface area contributed by atoms with E-state index in [1.165, 1.54) is 0 Å². The number of para-hydroxylation sites is 1. The lowest BCUT2D eigenvalue weighted by atomic mass is 10.1. The zero-order valence-corrected chi connectivity index (χ0v) is 14.9. The summed E-state index contributed by atoms with van der Waals surface area (Å²) >= 11 is 0. The molecule has 3 aromatic rings. The molecule has 140 valence electrons. The summed E-state index contributed by atoms with van der Waals surface area (Å²) in [5.74, 6) is -0.472. The van der Waals surface area contributed by atoms with Gasteiger partial charge in [-0.25, -0.2) is 0 Å². The molecule has 2 heterocycles. The number of carbonyl (C=O) groups is 2. The summed E-state index contributed by atoms with van der Waals surface area (Å²) in [7, 11) is 0. The van der Waals surface area contributed by atoms with Crippen molar-refractivity contribution in [3.8, 4) is 0 Å². The van der Waals surface area contributed by atoms with Crippen molar-refractivity contribution in [1.82, 2.24) is 20.6 Å². The second-order valence-electron chi connectivity index (χ2n) is 6.23. The van der Waals surface area contributed by atoms with E-state index in [1.54, 1.807) is 12.3 Å². The molecule has 3 rings (SSSR count). The Bertz CT molecular complexity index is 936. The van der Waals surface area contributed by atoms with E-state index in [0.717, 1.165) is 22.0 Å². The highest BCUT2D eigenvalue weighted by molar-refractivity contribution is 5.84. The minimum atomic E-state index is -0.537. The first-order valence-corrected chi connectivity index (χ1v) is 8.79. The van der Waals surface area contributed by atoms with E-state index in [2.05, 4.69) is 20.6 Å². The summed E-state index contributed by atoms with van der Waals surface area (Å²) in [6.45, 7) is 0.0996. The predicted molar refractivity (Wildman–Crippen MR) is 102 cm³/mol. The van der Waals surface area contributed by atoms with E-state index < -0.39 is 12.5 Å². The Labute approximate surface area is 156 Å². The normalized spacial score (nSPS) is 10.7. The summed E-state index contributed by atoms with van der Waals surface area (Å²) < 4.78 is 0. The molecule has 27 heavy (non-hydrogen) atoms. The molecule has 0 aliphatic rings. The zero-order valence-electron chi connectivity index (χ0n) is 14.9. The number of aryl methyl sites for hydroxylation is 1. The Morgan fingerprint density at radius 1 is 1.07 bits per heavy atom. The third kappa shape index (κ3) is 5.15. The van der Waals surface area contributed by atoms with E-state index in [1.807, 2.05) is 36.5 Å². The lowest BCUT2D eigenvalue weighted by molar-refractivity contribution is -0.124. The molecule has 0 fully saturated rings. The van der Waals surface area contributed by atoms with Gasteiger partial charge in [0.2, 0.25) is 11.8 Å². The number of hydrogen-bond acceptors (Lipinski definition) is 4. The summed E-state index contributed by atoms with van der Waals surface area (Å²) in [5, 5.41) is 15.3. The molecule has 2 aromatic heterocycles. The fourth-order valence-electron chi connectivity index (χ4n) is 2.86. The molecule has 0 radical (unpaired) electrons. The highest BCUT2D eigenvalue weighted by Crippen LogP contribution is 2.18. The number of H-pyrrole nitrogens is 1. The van der Waals surface area contributed by atoms with Gasteiger partial charge in [0.15, 0.2) is 0 Å². The molecule has 0 bridgehead atoms. The number of aromatic amines is 1. The number of aliphatic hydroxyl groups excluding tert-OH is 1. The van der Waals surface area contributed by atoms with E-state index in [9.17, 15) is 9.59 Å². The van der Waals surface area contributed by atoms with E-state index in [0.29, 0.717) is 31.6 Å². The van der Waals surface area contributed by atoms with Crippen molar-refractivity contribution in [3.05, 3.63) is 65.6 Å². The van der Waals surface area contributed by atoms with Gasteiger partial charge in [0.1, 0.15) is 6.61 Å². The smallest absolute Gasteiger partial charge is 0.245 e. The fourth-order valence-corrected chi connectivity index (χ4v) is 2.86. The van der Waals surface area contributed by atoms with Gasteiger partial charge in [0.25, 0.3) is 0 Å². The number of benzene rings is 1. The molecule has 0 aliphatic heterocycles. The molecule has 7 nitrogen and oxygen atoms in total. The average Bonchev–Trinajstić information content (AvgIpc) is 3.12. The zero-order chi connectivity index (χ0) is 19.1. The highest BCUT2D eigenvalue weighted by atomic mass is 16.3. The maximum Gasteiger partial charge on any atom is 0.245 e. The van der Waals surface area contributed by atoms with Crippen molar-refractivity contribution in [1.29, 1.82) is 0 Å². The lowest BCUT2D eigenvalue weighted by Gasteiger charge is -2.07. The van der Waals surface area contributed by atoms with Gasteiger partial charge in [-0.3, -0.25) is 14.6 Å². The Morgan fingerprint density at radius 2 is 1.89 bits per heavy atom. The van der Waals surface area contributed by atoms with E-state index in [-0.39, 0.29) is 5.91 Å². The third-order valence-electron chi connectivity index (χ3n) is 4.28. The highest BCUT2D eigenvalue weighted by Gasteiger charge is 2.07. The quantitative estimate of drug-likeness (QED) is 0.484. The molecule has 4 N–H and O–H groups in total. The van der Waals surface area contributed by atoms with Gasteiger partial charge < -0.3 is 20.7 Å². The van der Waals surface area contributed by atoms with Gasteiger partial charge in [-0.15, -0.1) is 0 Å². The predicted octanol–water partition coefficient (Wildman–Crippen LogP) is 1.42. The van der Waals surface area contributed by atoms with Crippen LogP contribution >= 0.6 is 0 Å². The molecule has 0 saturated carbocycles. The second-order valence-corrected chi connectivity index (χ2v) is 6.23. The minimum absolute atomic E-state index is 0.0407. The molecule has 1 aromatic carbocycles. The summed E-state index contributed by atoms with van der Waals surface area (Å²) in [6.07, 6.45) is 4.64. The Hall–Kier alpha value is -3.19. The number of rotatable bonds is 8. The Kier molecular flexibility index (Phi) is 6.17. The molecule has 0 saturated heterocycles. The Morgan fingerprint density at radius 3 is 2.74 bits per heavy atom. The number of aromatic nitrogens is 2. The van der Waals surface area contributed by atoms with Crippen LogP contribution < -0.4 is 10.6 Å². The molecule has 7 heteroatoms. The third-order valence-corrected chi connectivity index (χ3v) is 4.28. The van der Waals surface area contributed by atoms with Crippen LogP contribution in [0.25, 0.3) is 10.9 Å². The van der Waals surface area contributed by atoms with Crippen molar-refractivity contribution in [3.63, 3.8) is 0 Å². The van der Waals surface area contributed by atoms with Crippen LogP contribution in [0.4, 0.5) is 0 Å². The van der Waals surface area contributed by atoms with E-state index in [4.69, 9.17) is 5.11 Å². The molecular formula is C20H22N4O3. The maximum atomic E-state index is 12.2. The topological polar surface area (TPSA) is 107 Å². The monoisotopic (exact) mass is 366 g/mol. The van der Waals surface area contributed by atoms with Crippen molar-refractivity contribution in [2.24, 2.45) is 0 Å². The number of fused-ring (bicyclic) bond motifs is 1. The molecule has 0 aliphatic carbocycles. The fraction of sp³-hybridized carbons (Fsp3) is 0.250. The van der Waals surface area contributed by atoms with E-state index >= 15 is 0 Å². The summed E-state index contributed by atoms with van der Waals surface area (Å²) in [5.41, 5.74) is 3.77. The Balaban J connectivity index is 1.48. The maximum absolute atomic E-state index is 12.2. The molecule has 2 amide bonds. The number of nitrogens with zero attached hydrogens (tertiary/aromatic N) is 1. The van der Waals surface area contributed by atoms with Crippen LogP contribution in [0.5, 0.6) is 0 Å². The first-order chi connectivity index (χ1) is 13.2. The van der Waals surface area contributed by atoms with Crippen molar-refractivity contribution in [2.75, 3.05) is 6.61 Å². The van der Waals surface area contributed by atoms with Crippen molar-refractivity contribution in [2.45, 2.75) is 25.9 Å². The van der Waals surface area contributed by atoms with Crippen LogP contribution in [0.15, 0.2) is 48.8 Å². The number of pyridine rings is 1. The van der Waals surface area contributed by atoms with Crippen LogP contribution in [0.2, 0.25) is 0 Å². The summed E-state index contributed by atoms with van der Waals surface area (Å²) in [6, 6.07) is 11.6. The van der Waals surface area contributed by atoms with Gasteiger partial charge in [-0.05, 0) is 35.7 Å². The molecule has 0 unspecified atom stereocenters. The number of hydrogen-bond donors (Lipinski definition) is 4. The number of aliphatic hydroxyl groups is 1. The minimum Gasteiger partial charge on any atom is -0.387 e. The van der Waals surface area contributed by atoms with Crippen LogP contribution in [0.1, 0.15) is 23.2 Å². The van der Waals surface area contributed by atoms with Crippen molar-refractivity contribution < 1.29 is 14.7 Å². The van der Waals surface area contributed by atoms with Crippen LogP contribution in [0.3, 0.4) is 0 Å². The standard InChI is InChI=1S/C20H22N4O3/c25-13-20(27)23-10-14-7-8-21-16(9-14)12-24-19(26)6-5-15-11-22-18-4-2-1-3-17(15)18/h1-4,7-9,11,22,25H,5-6,10,12-13H2,(H,23,27)(H,24,26). The largest absolute Gasteiger partial charge is 0.387 e. The van der Waals surface area contributed by atoms with Gasteiger partial charge >= 0.3 is 0 Å². The number of carbonyl (C=O) groups excluding carboxylic acids is 2.